The molecule has 6 rings (SSSR count). The van der Waals surface area contributed by atoms with E-state index in [4.69, 9.17) is 9.47 Å². The Kier molecular flexibility index (Phi) is 6.24. The van der Waals surface area contributed by atoms with Crippen LogP contribution in [0.2, 0.25) is 0 Å². The summed E-state index contributed by atoms with van der Waals surface area (Å²) in [6.45, 7) is 6.91. The summed E-state index contributed by atoms with van der Waals surface area (Å²) in [6.07, 6.45) is 2.08. The maximum atomic E-state index is 13.7. The van der Waals surface area contributed by atoms with Crippen molar-refractivity contribution in [3.63, 3.8) is 0 Å². The van der Waals surface area contributed by atoms with E-state index in [-0.39, 0.29) is 23.9 Å². The number of aliphatic hydroxyl groups is 1. The number of carbonyl (C=O) groups excluding carboxylic acids is 2. The van der Waals surface area contributed by atoms with Crippen LogP contribution in [0.15, 0.2) is 42.5 Å². The van der Waals surface area contributed by atoms with Crippen molar-refractivity contribution in [3.05, 3.63) is 59.2 Å². The fourth-order valence-corrected chi connectivity index (χ4v) is 7.75. The third-order valence-corrected chi connectivity index (χ3v) is 9.25. The van der Waals surface area contributed by atoms with Crippen LogP contribution >= 0.6 is 0 Å². The second-order valence-electron chi connectivity index (χ2n) is 12.0. The normalized spacial score (nSPS) is 30.1. The van der Waals surface area contributed by atoms with Gasteiger partial charge in [-0.3, -0.25) is 9.59 Å². The van der Waals surface area contributed by atoms with Gasteiger partial charge in [0.2, 0.25) is 0 Å². The molecule has 0 radical (unpaired) electrons. The molecule has 39 heavy (non-hydrogen) atoms. The summed E-state index contributed by atoms with van der Waals surface area (Å²) in [5.74, 6) is 6.42. The third-order valence-electron chi connectivity index (χ3n) is 9.25. The van der Waals surface area contributed by atoms with Crippen molar-refractivity contribution in [3.8, 4) is 23.3 Å². The lowest BCUT2D eigenvalue weighted by atomic mass is 9.48. The van der Waals surface area contributed by atoms with E-state index >= 15 is 0 Å². The SMILES string of the molecule is CC(=O)Oc1ccc2c3c1O[C@H]1[C@@H](N(CC(C)C)C(=O)C#Cc4ccccc4)CC[C@@]4(O)[C@@H](C2)N(C)CC[C@]314. The van der Waals surface area contributed by atoms with Crippen molar-refractivity contribution in [2.45, 2.75) is 75.7 Å². The molecule has 204 valence electrons. The van der Waals surface area contributed by atoms with Crippen LogP contribution in [0, 0.1) is 17.8 Å². The second kappa shape index (κ2) is 9.39. The number of nitrogens with zero attached hydrogens (tertiary/aromatic N) is 2. The fraction of sp³-hybridized carbons (Fsp3) is 0.500. The predicted octanol–water partition coefficient (Wildman–Crippen LogP) is 3.30. The van der Waals surface area contributed by atoms with E-state index in [9.17, 15) is 14.7 Å². The van der Waals surface area contributed by atoms with Crippen LogP contribution in [0.25, 0.3) is 0 Å². The summed E-state index contributed by atoms with van der Waals surface area (Å²) in [5.41, 5.74) is 1.16. The standard InChI is InChI=1S/C32H36N2O5/c1-20(2)19-34(27(36)13-10-22-8-6-5-7-9-22)24-14-15-32(37)26-18-23-11-12-25(38-21(3)35)29-28(23)31(32,30(24)39-29)16-17-33(26)4/h5-9,11-12,20,24,26,30,37H,14-19H2,1-4H3/t24-,26+,30-,31-,32+/m0/s1. The van der Waals surface area contributed by atoms with Crippen LogP contribution in [-0.4, -0.2) is 70.7 Å². The first kappa shape index (κ1) is 25.9. The van der Waals surface area contributed by atoms with E-state index in [1.165, 1.54) is 6.92 Å². The lowest BCUT2D eigenvalue weighted by molar-refractivity contribution is -0.197. The number of hydrogen-bond donors (Lipinski definition) is 1. The van der Waals surface area contributed by atoms with Crippen molar-refractivity contribution in [2.75, 3.05) is 20.1 Å². The zero-order valence-corrected chi connectivity index (χ0v) is 23.1. The number of likely N-dealkylation sites (tertiary alicyclic amines) is 1. The molecule has 2 fully saturated rings. The summed E-state index contributed by atoms with van der Waals surface area (Å²) in [4.78, 5) is 29.9. The van der Waals surface area contributed by atoms with Crippen LogP contribution in [0.5, 0.6) is 11.5 Å². The number of carbonyl (C=O) groups is 2. The highest BCUT2D eigenvalue weighted by atomic mass is 16.6. The Morgan fingerprint density at radius 3 is 2.69 bits per heavy atom. The van der Waals surface area contributed by atoms with Crippen molar-refractivity contribution in [1.29, 1.82) is 0 Å². The van der Waals surface area contributed by atoms with Gasteiger partial charge in [-0.1, -0.05) is 44.0 Å². The van der Waals surface area contributed by atoms with Crippen LogP contribution in [0.1, 0.15) is 56.7 Å². The molecule has 1 N–H and O–H groups in total. The lowest BCUT2D eigenvalue weighted by Gasteiger charge is -2.64. The molecule has 0 unspecified atom stereocenters. The fourth-order valence-electron chi connectivity index (χ4n) is 7.75. The summed E-state index contributed by atoms with van der Waals surface area (Å²) in [6, 6.07) is 13.0. The Labute approximate surface area is 230 Å². The van der Waals surface area contributed by atoms with E-state index in [0.29, 0.717) is 43.7 Å². The molecular weight excluding hydrogens is 492 g/mol. The Morgan fingerprint density at radius 2 is 1.97 bits per heavy atom. The molecule has 2 heterocycles. The molecule has 1 saturated heterocycles. The smallest absolute Gasteiger partial charge is 0.308 e. The number of piperidine rings is 1. The first-order chi connectivity index (χ1) is 18.7. The summed E-state index contributed by atoms with van der Waals surface area (Å²) in [5, 5.41) is 12.6. The maximum absolute atomic E-state index is 13.7. The highest BCUT2D eigenvalue weighted by molar-refractivity contribution is 5.94. The topological polar surface area (TPSA) is 79.3 Å². The number of rotatable bonds is 4. The minimum absolute atomic E-state index is 0.0524. The predicted molar refractivity (Wildman–Crippen MR) is 146 cm³/mol. The van der Waals surface area contributed by atoms with Crippen molar-refractivity contribution in [1.82, 2.24) is 9.80 Å². The molecule has 7 heteroatoms. The number of ether oxygens (including phenoxy) is 2. The van der Waals surface area contributed by atoms with Gasteiger partial charge in [0.15, 0.2) is 11.5 Å². The number of likely N-dealkylation sites (N-methyl/N-ethyl adjacent to an activating group) is 1. The number of benzene rings is 2. The third kappa shape index (κ3) is 3.88. The Balaban J connectivity index is 1.46. The van der Waals surface area contributed by atoms with Gasteiger partial charge in [-0.2, -0.15) is 0 Å². The summed E-state index contributed by atoms with van der Waals surface area (Å²) >= 11 is 0. The first-order valence-electron chi connectivity index (χ1n) is 14.0. The molecule has 2 aliphatic carbocycles. The maximum Gasteiger partial charge on any atom is 0.308 e. The molecule has 0 aromatic heterocycles. The van der Waals surface area contributed by atoms with Crippen molar-refractivity contribution >= 4 is 11.9 Å². The van der Waals surface area contributed by atoms with E-state index in [1.54, 1.807) is 6.07 Å². The molecule has 2 aromatic carbocycles. The lowest BCUT2D eigenvalue weighted by Crippen LogP contribution is -2.78. The molecule has 1 saturated carbocycles. The number of amides is 1. The van der Waals surface area contributed by atoms with Gasteiger partial charge in [0.05, 0.1) is 17.1 Å². The molecule has 2 aliphatic heterocycles. The van der Waals surface area contributed by atoms with Crippen LogP contribution < -0.4 is 9.47 Å². The van der Waals surface area contributed by atoms with Gasteiger partial charge in [0.25, 0.3) is 5.91 Å². The Morgan fingerprint density at radius 1 is 1.21 bits per heavy atom. The molecular formula is C32H36N2O5. The van der Waals surface area contributed by atoms with Gasteiger partial charge >= 0.3 is 5.97 Å². The molecule has 4 aliphatic rings. The zero-order chi connectivity index (χ0) is 27.5. The van der Waals surface area contributed by atoms with E-state index in [0.717, 1.165) is 23.2 Å². The van der Waals surface area contributed by atoms with E-state index < -0.39 is 23.1 Å². The van der Waals surface area contributed by atoms with Crippen LogP contribution in [-0.2, 0) is 21.4 Å². The summed E-state index contributed by atoms with van der Waals surface area (Å²) in [7, 11) is 2.08. The van der Waals surface area contributed by atoms with Crippen LogP contribution in [0.4, 0.5) is 0 Å². The molecule has 5 atom stereocenters. The van der Waals surface area contributed by atoms with Gasteiger partial charge in [0, 0.05) is 36.6 Å². The highest BCUT2D eigenvalue weighted by Gasteiger charge is 2.73. The van der Waals surface area contributed by atoms with Gasteiger partial charge in [-0.05, 0) is 69.0 Å². The van der Waals surface area contributed by atoms with Gasteiger partial charge < -0.3 is 24.4 Å². The average Bonchev–Trinajstić information content (AvgIpc) is 3.25. The summed E-state index contributed by atoms with van der Waals surface area (Å²) < 4.78 is 12.4. The Bertz CT molecular complexity index is 1380. The van der Waals surface area contributed by atoms with E-state index in [2.05, 4.69) is 37.6 Å². The van der Waals surface area contributed by atoms with Crippen molar-refractivity contribution < 1.29 is 24.2 Å². The monoisotopic (exact) mass is 528 g/mol. The quantitative estimate of drug-likeness (QED) is 0.373. The molecule has 7 nitrogen and oxygen atoms in total. The number of esters is 1. The first-order valence-corrected chi connectivity index (χ1v) is 14.0. The van der Waals surface area contributed by atoms with E-state index in [1.807, 2.05) is 41.3 Å². The minimum Gasteiger partial charge on any atom is -0.483 e. The zero-order valence-electron chi connectivity index (χ0n) is 23.1. The minimum atomic E-state index is -1.02. The Hall–Kier alpha value is -3.34. The molecule has 1 amide bonds. The largest absolute Gasteiger partial charge is 0.483 e. The van der Waals surface area contributed by atoms with Crippen molar-refractivity contribution in [2.24, 2.45) is 5.92 Å². The molecule has 2 aromatic rings. The average molecular weight is 529 g/mol. The van der Waals surface area contributed by atoms with Crippen LogP contribution in [0.3, 0.4) is 0 Å². The number of hydrogen-bond acceptors (Lipinski definition) is 6. The highest BCUT2D eigenvalue weighted by Crippen LogP contribution is 2.65. The second-order valence-corrected chi connectivity index (χ2v) is 12.0. The van der Waals surface area contributed by atoms with Gasteiger partial charge in [-0.15, -0.1) is 0 Å². The molecule has 1 spiro atoms. The van der Waals surface area contributed by atoms with Gasteiger partial charge in [-0.25, -0.2) is 0 Å². The van der Waals surface area contributed by atoms with Gasteiger partial charge in [0.1, 0.15) is 6.10 Å². The molecule has 2 bridgehead atoms.